The third kappa shape index (κ3) is 4.17. The van der Waals surface area contributed by atoms with E-state index >= 15 is 0 Å². The van der Waals surface area contributed by atoms with Crippen LogP contribution in [0.2, 0.25) is 0 Å². The molecule has 1 saturated carbocycles. The van der Waals surface area contributed by atoms with Gasteiger partial charge >= 0.3 is 0 Å². The summed E-state index contributed by atoms with van der Waals surface area (Å²) in [6, 6.07) is 13.5. The van der Waals surface area contributed by atoms with E-state index in [9.17, 15) is 8.78 Å². The van der Waals surface area contributed by atoms with Crippen molar-refractivity contribution in [1.82, 2.24) is 25.1 Å². The molecule has 162 valence electrons. The van der Waals surface area contributed by atoms with Crippen molar-refractivity contribution in [3.63, 3.8) is 0 Å². The first-order valence-corrected chi connectivity index (χ1v) is 11.0. The maximum absolute atomic E-state index is 13.6. The Hall–Kier alpha value is -2.87. The molecule has 2 aliphatic rings. The molecule has 3 aromatic rings. The van der Waals surface area contributed by atoms with Crippen LogP contribution < -0.4 is 4.90 Å². The molecule has 1 atom stereocenters. The molecule has 1 aromatic heterocycles. The SMILES string of the molecule is Fc1ccc(C(c2nnnn2C2CCCC2)N2CCN(c3ccc(F)cc3)CC2)cc1. The molecule has 0 bridgehead atoms. The first kappa shape index (κ1) is 20.1. The lowest BCUT2D eigenvalue weighted by molar-refractivity contribution is 0.197. The van der Waals surface area contributed by atoms with Crippen molar-refractivity contribution < 1.29 is 8.78 Å². The van der Waals surface area contributed by atoms with Gasteiger partial charge in [0.15, 0.2) is 5.82 Å². The van der Waals surface area contributed by atoms with Crippen LogP contribution in [-0.2, 0) is 0 Å². The summed E-state index contributed by atoms with van der Waals surface area (Å²) in [5.41, 5.74) is 2.01. The second-order valence-electron chi connectivity index (χ2n) is 8.37. The summed E-state index contributed by atoms with van der Waals surface area (Å²) in [6.07, 6.45) is 4.57. The van der Waals surface area contributed by atoms with E-state index in [4.69, 9.17) is 0 Å². The van der Waals surface area contributed by atoms with Crippen molar-refractivity contribution in [2.24, 2.45) is 0 Å². The molecule has 1 aliphatic carbocycles. The topological polar surface area (TPSA) is 50.1 Å². The summed E-state index contributed by atoms with van der Waals surface area (Å²) in [5, 5.41) is 12.8. The van der Waals surface area contributed by atoms with E-state index in [2.05, 4.69) is 25.3 Å². The van der Waals surface area contributed by atoms with Gasteiger partial charge in [-0.2, -0.15) is 0 Å². The van der Waals surface area contributed by atoms with Crippen molar-refractivity contribution >= 4 is 5.69 Å². The number of hydrogen-bond acceptors (Lipinski definition) is 5. The van der Waals surface area contributed by atoms with Crippen LogP contribution in [0.1, 0.15) is 49.2 Å². The fraction of sp³-hybridized carbons (Fsp3) is 0.435. The Morgan fingerprint density at radius 2 is 1.42 bits per heavy atom. The van der Waals surface area contributed by atoms with Crippen molar-refractivity contribution in [3.05, 3.63) is 71.6 Å². The van der Waals surface area contributed by atoms with Crippen molar-refractivity contribution in [2.75, 3.05) is 31.1 Å². The zero-order chi connectivity index (χ0) is 21.2. The van der Waals surface area contributed by atoms with E-state index in [1.165, 1.54) is 37.1 Å². The predicted octanol–water partition coefficient (Wildman–Crippen LogP) is 3.98. The standard InChI is InChI=1S/C23H26F2N6/c24-18-7-5-17(6-8-18)22(23-26-27-28-31(23)21-3-1-2-4-21)30-15-13-29(14-16-30)20-11-9-19(25)10-12-20/h5-12,21-22H,1-4,13-16H2. The van der Waals surface area contributed by atoms with Crippen LogP contribution in [0.25, 0.3) is 0 Å². The largest absolute Gasteiger partial charge is 0.369 e. The first-order valence-electron chi connectivity index (χ1n) is 11.0. The molecule has 2 heterocycles. The van der Waals surface area contributed by atoms with Crippen LogP contribution in [0.4, 0.5) is 14.5 Å². The monoisotopic (exact) mass is 424 g/mol. The number of piperazine rings is 1. The van der Waals surface area contributed by atoms with Crippen LogP contribution in [0.15, 0.2) is 48.5 Å². The zero-order valence-electron chi connectivity index (χ0n) is 17.4. The van der Waals surface area contributed by atoms with Gasteiger partial charge in [-0.25, -0.2) is 13.5 Å². The van der Waals surface area contributed by atoms with Crippen molar-refractivity contribution in [3.8, 4) is 0 Å². The average molecular weight is 424 g/mol. The smallest absolute Gasteiger partial charge is 0.173 e. The number of benzene rings is 2. The maximum Gasteiger partial charge on any atom is 0.173 e. The number of anilines is 1. The molecule has 0 radical (unpaired) electrons. The van der Waals surface area contributed by atoms with Gasteiger partial charge in [0.25, 0.3) is 0 Å². The molecular formula is C23H26F2N6. The van der Waals surface area contributed by atoms with Gasteiger partial charge in [-0.3, -0.25) is 4.90 Å². The van der Waals surface area contributed by atoms with E-state index < -0.39 is 0 Å². The Morgan fingerprint density at radius 1 is 0.806 bits per heavy atom. The van der Waals surface area contributed by atoms with Crippen molar-refractivity contribution in [2.45, 2.75) is 37.8 Å². The number of hydrogen-bond donors (Lipinski definition) is 0. The Labute approximate surface area is 180 Å². The molecule has 1 saturated heterocycles. The Balaban J connectivity index is 1.41. The van der Waals surface area contributed by atoms with Crippen molar-refractivity contribution in [1.29, 1.82) is 0 Å². The van der Waals surface area contributed by atoms with Gasteiger partial charge in [0.05, 0.1) is 12.1 Å². The Kier molecular flexibility index (Phi) is 5.63. The molecule has 31 heavy (non-hydrogen) atoms. The van der Waals surface area contributed by atoms with E-state index in [0.29, 0.717) is 6.04 Å². The van der Waals surface area contributed by atoms with Crippen LogP contribution >= 0.6 is 0 Å². The second-order valence-corrected chi connectivity index (χ2v) is 8.37. The second kappa shape index (κ2) is 8.70. The molecule has 2 fully saturated rings. The minimum atomic E-state index is -0.251. The third-order valence-electron chi connectivity index (χ3n) is 6.49. The van der Waals surface area contributed by atoms with Gasteiger partial charge in [0, 0.05) is 31.9 Å². The average Bonchev–Trinajstić information content (AvgIpc) is 3.48. The van der Waals surface area contributed by atoms with Gasteiger partial charge in [-0.1, -0.05) is 25.0 Å². The first-order chi connectivity index (χ1) is 15.2. The van der Waals surface area contributed by atoms with Gasteiger partial charge in [-0.05, 0) is 65.2 Å². The molecule has 0 amide bonds. The fourth-order valence-corrected chi connectivity index (χ4v) is 4.85. The van der Waals surface area contributed by atoms with Gasteiger partial charge in [0.1, 0.15) is 11.6 Å². The van der Waals surface area contributed by atoms with Crippen LogP contribution in [-0.4, -0.2) is 51.3 Å². The summed E-state index contributed by atoms with van der Waals surface area (Å²) < 4.78 is 28.9. The number of rotatable bonds is 5. The maximum atomic E-state index is 13.6. The lowest BCUT2D eigenvalue weighted by atomic mass is 10.0. The van der Waals surface area contributed by atoms with Crippen LogP contribution in [0, 0.1) is 11.6 Å². The van der Waals surface area contributed by atoms with E-state index in [1.807, 2.05) is 28.9 Å². The molecule has 6 nitrogen and oxygen atoms in total. The molecule has 2 aromatic carbocycles. The highest BCUT2D eigenvalue weighted by molar-refractivity contribution is 5.46. The molecule has 1 unspecified atom stereocenters. The number of tetrazole rings is 1. The van der Waals surface area contributed by atoms with Crippen LogP contribution in [0.5, 0.6) is 0 Å². The summed E-state index contributed by atoms with van der Waals surface area (Å²) in [4.78, 5) is 4.63. The van der Waals surface area contributed by atoms with Gasteiger partial charge in [-0.15, -0.1) is 5.10 Å². The van der Waals surface area contributed by atoms with E-state index in [0.717, 1.165) is 56.1 Å². The highest BCUT2D eigenvalue weighted by Crippen LogP contribution is 2.34. The number of halogens is 2. The normalized spacial score (nSPS) is 19.1. The van der Waals surface area contributed by atoms with Crippen LogP contribution in [0.3, 0.4) is 0 Å². The molecule has 1 aliphatic heterocycles. The lowest BCUT2D eigenvalue weighted by Crippen LogP contribution is -2.48. The van der Waals surface area contributed by atoms with Gasteiger partial charge in [0.2, 0.25) is 0 Å². The summed E-state index contributed by atoms with van der Waals surface area (Å²) in [6.45, 7) is 3.23. The summed E-state index contributed by atoms with van der Waals surface area (Å²) >= 11 is 0. The minimum Gasteiger partial charge on any atom is -0.369 e. The molecule has 5 rings (SSSR count). The fourth-order valence-electron chi connectivity index (χ4n) is 4.85. The number of aromatic nitrogens is 4. The molecular weight excluding hydrogens is 398 g/mol. The number of nitrogens with zero attached hydrogens (tertiary/aromatic N) is 6. The van der Waals surface area contributed by atoms with E-state index in [-0.39, 0.29) is 17.7 Å². The third-order valence-corrected chi connectivity index (χ3v) is 6.49. The quantitative estimate of drug-likeness (QED) is 0.620. The van der Waals surface area contributed by atoms with E-state index in [1.54, 1.807) is 0 Å². The zero-order valence-corrected chi connectivity index (χ0v) is 17.4. The Bertz CT molecular complexity index is 990. The highest BCUT2D eigenvalue weighted by Gasteiger charge is 2.33. The molecule has 0 spiro atoms. The van der Waals surface area contributed by atoms with Gasteiger partial charge < -0.3 is 4.90 Å². The lowest BCUT2D eigenvalue weighted by Gasteiger charge is -2.40. The molecule has 0 N–H and O–H groups in total. The molecule has 8 heteroatoms. The Morgan fingerprint density at radius 3 is 2.06 bits per heavy atom. The summed E-state index contributed by atoms with van der Waals surface area (Å²) in [5.74, 6) is 0.352. The predicted molar refractivity (Wildman–Crippen MR) is 114 cm³/mol. The highest BCUT2D eigenvalue weighted by atomic mass is 19.1. The minimum absolute atomic E-state index is 0.133. The summed E-state index contributed by atoms with van der Waals surface area (Å²) in [7, 11) is 0.